The van der Waals surface area contributed by atoms with E-state index in [1.165, 1.54) is 5.57 Å². The minimum Gasteiger partial charge on any atom is -0.454 e. The molecule has 0 amide bonds. The molecule has 0 radical (unpaired) electrons. The highest BCUT2D eigenvalue weighted by atomic mass is 16.5. The van der Waals surface area contributed by atoms with Gasteiger partial charge in [0.05, 0.1) is 0 Å². The fourth-order valence-electron chi connectivity index (χ4n) is 1.68. The van der Waals surface area contributed by atoms with E-state index in [-0.39, 0.29) is 12.1 Å². The molecule has 1 aliphatic heterocycles. The van der Waals surface area contributed by atoms with E-state index in [0.717, 1.165) is 25.7 Å². The Morgan fingerprint density at radius 3 is 2.73 bits per heavy atom. The van der Waals surface area contributed by atoms with E-state index in [0.29, 0.717) is 5.57 Å². The van der Waals surface area contributed by atoms with E-state index in [2.05, 4.69) is 19.9 Å². The van der Waals surface area contributed by atoms with Gasteiger partial charge in [-0.1, -0.05) is 32.8 Å². The normalized spacial score (nSPS) is 23.9. The van der Waals surface area contributed by atoms with Crippen molar-refractivity contribution < 1.29 is 9.53 Å². The summed E-state index contributed by atoms with van der Waals surface area (Å²) in [4.78, 5) is 11.4. The third kappa shape index (κ3) is 3.22. The van der Waals surface area contributed by atoms with E-state index in [1.807, 2.05) is 13.0 Å². The first kappa shape index (κ1) is 12.0. The average molecular weight is 208 g/mol. The second-order valence-electron chi connectivity index (χ2n) is 4.00. The third-order valence-electron chi connectivity index (χ3n) is 2.55. The fourth-order valence-corrected chi connectivity index (χ4v) is 1.68. The quantitative estimate of drug-likeness (QED) is 0.662. The fraction of sp³-hybridized carbons (Fsp3) is 0.615. The molecule has 1 heterocycles. The summed E-state index contributed by atoms with van der Waals surface area (Å²) in [6, 6.07) is 0. The van der Waals surface area contributed by atoms with Crippen LogP contribution in [0.2, 0.25) is 0 Å². The molecule has 0 bridgehead atoms. The molecular weight excluding hydrogens is 188 g/mol. The molecule has 1 rings (SSSR count). The van der Waals surface area contributed by atoms with Gasteiger partial charge < -0.3 is 4.74 Å². The molecule has 0 fully saturated rings. The highest BCUT2D eigenvalue weighted by Crippen LogP contribution is 2.23. The number of carbonyl (C=O) groups excluding carboxylic acids is 1. The number of unbranched alkanes of at least 4 members (excludes halogenated alkanes) is 1. The Morgan fingerprint density at radius 2 is 2.13 bits per heavy atom. The van der Waals surface area contributed by atoms with Gasteiger partial charge in [-0.2, -0.15) is 0 Å². The van der Waals surface area contributed by atoms with Crippen LogP contribution in [0.4, 0.5) is 0 Å². The van der Waals surface area contributed by atoms with Gasteiger partial charge in [0.2, 0.25) is 0 Å². The topological polar surface area (TPSA) is 26.3 Å². The van der Waals surface area contributed by atoms with E-state index in [9.17, 15) is 4.79 Å². The molecule has 0 saturated carbocycles. The number of rotatable bonds is 4. The number of allylic oxidation sites excluding steroid dienone is 1. The summed E-state index contributed by atoms with van der Waals surface area (Å²) in [6.45, 7) is 6.07. The standard InChI is InChI=1S/C13H20O2/c1-4-6-8-11-9-10(3)13(14)15-12(11)7-5-2/h8-9,12H,4-7H2,1-3H3/b11-8+. The summed E-state index contributed by atoms with van der Waals surface area (Å²) in [6.07, 6.45) is 8.29. The summed E-state index contributed by atoms with van der Waals surface area (Å²) < 4.78 is 5.37. The van der Waals surface area contributed by atoms with Crippen molar-refractivity contribution in [2.45, 2.75) is 52.6 Å². The van der Waals surface area contributed by atoms with Crippen LogP contribution >= 0.6 is 0 Å². The zero-order valence-electron chi connectivity index (χ0n) is 9.88. The van der Waals surface area contributed by atoms with Crippen LogP contribution in [0.5, 0.6) is 0 Å². The van der Waals surface area contributed by atoms with E-state index in [1.54, 1.807) is 0 Å². The molecule has 1 unspecified atom stereocenters. The van der Waals surface area contributed by atoms with Crippen molar-refractivity contribution >= 4 is 5.97 Å². The van der Waals surface area contributed by atoms with Gasteiger partial charge >= 0.3 is 5.97 Å². The molecule has 0 N–H and O–H groups in total. The predicted molar refractivity (Wildman–Crippen MR) is 61.5 cm³/mol. The summed E-state index contributed by atoms with van der Waals surface area (Å²) in [7, 11) is 0. The molecule has 0 saturated heterocycles. The van der Waals surface area contributed by atoms with Gasteiger partial charge in [0, 0.05) is 5.57 Å². The maximum Gasteiger partial charge on any atom is 0.334 e. The predicted octanol–water partition coefficient (Wildman–Crippen LogP) is 3.38. The highest BCUT2D eigenvalue weighted by molar-refractivity contribution is 5.90. The van der Waals surface area contributed by atoms with Gasteiger partial charge in [0.1, 0.15) is 6.10 Å². The minimum absolute atomic E-state index is 0.0160. The van der Waals surface area contributed by atoms with E-state index in [4.69, 9.17) is 4.74 Å². The summed E-state index contributed by atoms with van der Waals surface area (Å²) in [5.41, 5.74) is 1.89. The molecule has 0 aromatic heterocycles. The minimum atomic E-state index is -0.165. The van der Waals surface area contributed by atoms with Crippen molar-refractivity contribution in [2.24, 2.45) is 0 Å². The summed E-state index contributed by atoms with van der Waals surface area (Å²) in [5.74, 6) is -0.165. The number of carbonyl (C=O) groups is 1. The molecule has 0 aromatic carbocycles. The molecule has 0 aromatic rings. The monoisotopic (exact) mass is 208 g/mol. The summed E-state index contributed by atoms with van der Waals surface area (Å²) in [5, 5.41) is 0. The Kier molecular flexibility index (Phi) is 4.60. The van der Waals surface area contributed by atoms with Gasteiger partial charge in [0.15, 0.2) is 0 Å². The zero-order chi connectivity index (χ0) is 11.3. The SMILES string of the molecule is CCC/C=C1\C=C(C)C(=O)OC1CCC. The second-order valence-corrected chi connectivity index (χ2v) is 4.00. The average Bonchev–Trinajstić information content (AvgIpc) is 2.21. The summed E-state index contributed by atoms with van der Waals surface area (Å²) >= 11 is 0. The van der Waals surface area contributed by atoms with Crippen LogP contribution in [-0.2, 0) is 9.53 Å². The van der Waals surface area contributed by atoms with Crippen LogP contribution in [-0.4, -0.2) is 12.1 Å². The van der Waals surface area contributed by atoms with Crippen LogP contribution in [0.3, 0.4) is 0 Å². The number of esters is 1. The molecule has 15 heavy (non-hydrogen) atoms. The van der Waals surface area contributed by atoms with Crippen LogP contribution in [0.1, 0.15) is 46.5 Å². The second kappa shape index (κ2) is 5.74. The van der Waals surface area contributed by atoms with Crippen molar-refractivity contribution in [3.63, 3.8) is 0 Å². The van der Waals surface area contributed by atoms with Crippen molar-refractivity contribution in [1.82, 2.24) is 0 Å². The molecule has 2 heteroatoms. The number of cyclic esters (lactones) is 1. The van der Waals surface area contributed by atoms with Gasteiger partial charge in [-0.3, -0.25) is 0 Å². The maximum atomic E-state index is 11.4. The molecular formula is C13H20O2. The highest BCUT2D eigenvalue weighted by Gasteiger charge is 2.23. The van der Waals surface area contributed by atoms with Gasteiger partial charge in [-0.05, 0) is 31.4 Å². The Bertz CT molecular complexity index is 287. The van der Waals surface area contributed by atoms with Crippen molar-refractivity contribution in [3.05, 3.63) is 23.3 Å². The van der Waals surface area contributed by atoms with Crippen molar-refractivity contribution in [1.29, 1.82) is 0 Å². The maximum absolute atomic E-state index is 11.4. The Morgan fingerprint density at radius 1 is 1.40 bits per heavy atom. The zero-order valence-corrected chi connectivity index (χ0v) is 9.88. The molecule has 1 aliphatic rings. The lowest BCUT2D eigenvalue weighted by atomic mass is 9.98. The van der Waals surface area contributed by atoms with E-state index >= 15 is 0 Å². The first-order chi connectivity index (χ1) is 7.19. The Hall–Kier alpha value is -1.05. The lowest BCUT2D eigenvalue weighted by Gasteiger charge is -2.23. The van der Waals surface area contributed by atoms with Crippen LogP contribution in [0.25, 0.3) is 0 Å². The molecule has 2 nitrogen and oxygen atoms in total. The molecule has 0 spiro atoms. The van der Waals surface area contributed by atoms with E-state index < -0.39 is 0 Å². The largest absolute Gasteiger partial charge is 0.454 e. The number of ether oxygens (including phenoxy) is 1. The smallest absolute Gasteiger partial charge is 0.334 e. The van der Waals surface area contributed by atoms with Gasteiger partial charge in [-0.15, -0.1) is 0 Å². The lowest BCUT2D eigenvalue weighted by molar-refractivity contribution is -0.143. The van der Waals surface area contributed by atoms with Crippen LogP contribution in [0, 0.1) is 0 Å². The third-order valence-corrected chi connectivity index (χ3v) is 2.55. The van der Waals surface area contributed by atoms with Gasteiger partial charge in [0.25, 0.3) is 0 Å². The van der Waals surface area contributed by atoms with Crippen LogP contribution in [0.15, 0.2) is 23.3 Å². The Balaban J connectivity index is 2.82. The molecule has 0 aliphatic carbocycles. The molecule has 84 valence electrons. The number of hydrogen-bond donors (Lipinski definition) is 0. The number of hydrogen-bond acceptors (Lipinski definition) is 2. The van der Waals surface area contributed by atoms with Crippen molar-refractivity contribution in [3.8, 4) is 0 Å². The molecule has 1 atom stereocenters. The Labute approximate surface area is 92.0 Å². The van der Waals surface area contributed by atoms with Gasteiger partial charge in [-0.25, -0.2) is 4.79 Å². The first-order valence-electron chi connectivity index (χ1n) is 5.78. The van der Waals surface area contributed by atoms with Crippen LogP contribution < -0.4 is 0 Å². The lowest BCUT2D eigenvalue weighted by Crippen LogP contribution is -2.25. The first-order valence-corrected chi connectivity index (χ1v) is 5.78. The van der Waals surface area contributed by atoms with Crippen molar-refractivity contribution in [2.75, 3.05) is 0 Å².